The van der Waals surface area contributed by atoms with Crippen LogP contribution in [0.2, 0.25) is 0 Å². The number of ether oxygens (including phenoxy) is 2. The molecule has 0 saturated carbocycles. The first kappa shape index (κ1) is 13.4. The molecule has 0 spiro atoms. The van der Waals surface area contributed by atoms with E-state index in [1.807, 2.05) is 24.3 Å². The van der Waals surface area contributed by atoms with Crippen LogP contribution in [0.3, 0.4) is 0 Å². The summed E-state index contributed by atoms with van der Waals surface area (Å²) in [6.07, 6.45) is 0.641. The number of aliphatic hydroxyl groups is 1. The molecule has 2 atom stereocenters. The maximum atomic E-state index is 11.8. The minimum absolute atomic E-state index is 0.154. The van der Waals surface area contributed by atoms with Gasteiger partial charge in [0.1, 0.15) is 11.9 Å². The minimum Gasteiger partial charge on any atom is -0.497 e. The van der Waals surface area contributed by atoms with E-state index in [2.05, 4.69) is 6.58 Å². The molecular formula is C14H17NO4. The highest BCUT2D eigenvalue weighted by Crippen LogP contribution is 2.23. The normalized spacial score (nSPS) is 22.2. The van der Waals surface area contributed by atoms with Gasteiger partial charge >= 0.3 is 6.09 Å². The number of carbonyl (C=O) groups is 1. The summed E-state index contributed by atoms with van der Waals surface area (Å²) in [7, 11) is 1.60. The van der Waals surface area contributed by atoms with Crippen molar-refractivity contribution in [2.24, 2.45) is 0 Å². The topological polar surface area (TPSA) is 59.0 Å². The van der Waals surface area contributed by atoms with Gasteiger partial charge in [-0.3, -0.25) is 4.90 Å². The van der Waals surface area contributed by atoms with Gasteiger partial charge in [-0.1, -0.05) is 18.7 Å². The Labute approximate surface area is 112 Å². The maximum absolute atomic E-state index is 11.8. The van der Waals surface area contributed by atoms with Gasteiger partial charge in [0.15, 0.2) is 0 Å². The molecule has 1 aromatic rings. The highest BCUT2D eigenvalue weighted by molar-refractivity contribution is 5.71. The number of methoxy groups -OCH3 is 1. The fraction of sp³-hybridized carbons (Fsp3) is 0.357. The number of carbonyl (C=O) groups excluding carboxylic acids is 1. The van der Waals surface area contributed by atoms with Crippen molar-refractivity contribution in [3.05, 3.63) is 42.5 Å². The Morgan fingerprint density at radius 3 is 2.68 bits per heavy atom. The number of hydrogen-bond donors (Lipinski definition) is 1. The van der Waals surface area contributed by atoms with Crippen LogP contribution >= 0.6 is 0 Å². The average molecular weight is 263 g/mol. The summed E-state index contributed by atoms with van der Waals surface area (Å²) < 4.78 is 10.2. The summed E-state index contributed by atoms with van der Waals surface area (Å²) in [5.41, 5.74) is 0.945. The van der Waals surface area contributed by atoms with Crippen molar-refractivity contribution in [2.75, 3.05) is 13.7 Å². The minimum atomic E-state index is -0.462. The predicted octanol–water partition coefficient (Wildman–Crippen LogP) is 1.56. The molecule has 19 heavy (non-hydrogen) atoms. The van der Waals surface area contributed by atoms with Crippen LogP contribution in [0.15, 0.2) is 36.9 Å². The Kier molecular flexibility index (Phi) is 4.06. The van der Waals surface area contributed by atoms with Crippen molar-refractivity contribution in [1.29, 1.82) is 0 Å². The summed E-state index contributed by atoms with van der Waals surface area (Å²) in [5, 5.41) is 9.37. The van der Waals surface area contributed by atoms with Crippen molar-refractivity contribution >= 4 is 6.09 Å². The third-order valence-corrected chi connectivity index (χ3v) is 3.18. The molecule has 5 heteroatoms. The van der Waals surface area contributed by atoms with Gasteiger partial charge in [0.25, 0.3) is 0 Å². The molecule has 0 radical (unpaired) electrons. The molecule has 102 valence electrons. The third kappa shape index (κ3) is 2.71. The second kappa shape index (κ2) is 5.75. The molecule has 0 unspecified atom stereocenters. The van der Waals surface area contributed by atoms with Gasteiger partial charge in [-0.2, -0.15) is 0 Å². The van der Waals surface area contributed by atoms with Crippen molar-refractivity contribution in [1.82, 2.24) is 4.90 Å². The molecule has 1 amide bonds. The van der Waals surface area contributed by atoms with Crippen molar-refractivity contribution in [3.8, 4) is 5.75 Å². The standard InChI is InChI=1S/C14H17NO4/c1-3-13-12(9-16)15(14(17)19-13)8-10-4-6-11(18-2)7-5-10/h3-7,12-13,16H,1,8-9H2,2H3/t12-,13+/m0/s1. The van der Waals surface area contributed by atoms with E-state index >= 15 is 0 Å². The summed E-state index contributed by atoms with van der Waals surface area (Å²) in [6.45, 7) is 3.84. The van der Waals surface area contributed by atoms with Gasteiger partial charge in [-0.05, 0) is 23.8 Å². The molecule has 1 aliphatic rings. The van der Waals surface area contributed by atoms with Crippen LogP contribution < -0.4 is 4.74 Å². The lowest BCUT2D eigenvalue weighted by atomic mass is 10.1. The summed E-state index contributed by atoms with van der Waals surface area (Å²) in [5.74, 6) is 0.760. The van der Waals surface area contributed by atoms with Crippen LogP contribution in [0.5, 0.6) is 5.75 Å². The van der Waals surface area contributed by atoms with E-state index < -0.39 is 12.2 Å². The number of amides is 1. The molecule has 0 aromatic heterocycles. The number of rotatable bonds is 5. The highest BCUT2D eigenvalue weighted by atomic mass is 16.6. The first-order valence-electron chi connectivity index (χ1n) is 6.03. The zero-order valence-corrected chi connectivity index (χ0v) is 10.8. The van der Waals surface area contributed by atoms with E-state index in [0.717, 1.165) is 11.3 Å². The smallest absolute Gasteiger partial charge is 0.411 e. The van der Waals surface area contributed by atoms with Crippen LogP contribution in [0.1, 0.15) is 5.56 Å². The second-order valence-corrected chi connectivity index (χ2v) is 4.31. The Morgan fingerprint density at radius 2 is 2.16 bits per heavy atom. The molecule has 0 bridgehead atoms. The van der Waals surface area contributed by atoms with Crippen LogP contribution in [-0.2, 0) is 11.3 Å². The van der Waals surface area contributed by atoms with E-state index in [9.17, 15) is 9.90 Å². The lowest BCUT2D eigenvalue weighted by molar-refractivity contribution is 0.143. The largest absolute Gasteiger partial charge is 0.497 e. The summed E-state index contributed by atoms with van der Waals surface area (Å²) >= 11 is 0. The van der Waals surface area contributed by atoms with E-state index in [1.165, 1.54) is 11.0 Å². The van der Waals surface area contributed by atoms with Gasteiger partial charge in [-0.25, -0.2) is 4.79 Å². The predicted molar refractivity (Wildman–Crippen MR) is 69.9 cm³/mol. The fourth-order valence-electron chi connectivity index (χ4n) is 2.09. The molecule has 2 rings (SSSR count). The van der Waals surface area contributed by atoms with Crippen molar-refractivity contribution < 1.29 is 19.4 Å². The first-order chi connectivity index (χ1) is 9.19. The number of aliphatic hydroxyl groups excluding tert-OH is 1. The Hall–Kier alpha value is -2.01. The first-order valence-corrected chi connectivity index (χ1v) is 6.03. The van der Waals surface area contributed by atoms with Crippen molar-refractivity contribution in [2.45, 2.75) is 18.7 Å². The Bertz CT molecular complexity index is 457. The summed E-state index contributed by atoms with van der Waals surface area (Å²) in [6, 6.07) is 7.03. The number of hydrogen-bond acceptors (Lipinski definition) is 4. The van der Waals surface area contributed by atoms with Gasteiger partial charge in [0.05, 0.1) is 19.8 Å². The molecular weight excluding hydrogens is 246 g/mol. The van der Waals surface area contributed by atoms with Gasteiger partial charge < -0.3 is 14.6 Å². The monoisotopic (exact) mass is 263 g/mol. The molecule has 1 aromatic carbocycles. The Balaban J connectivity index is 2.12. The molecule has 1 saturated heterocycles. The van der Waals surface area contributed by atoms with Gasteiger partial charge in [0, 0.05) is 6.54 Å². The maximum Gasteiger partial charge on any atom is 0.411 e. The third-order valence-electron chi connectivity index (χ3n) is 3.18. The van der Waals surface area contributed by atoms with E-state index in [1.54, 1.807) is 7.11 Å². The molecule has 1 N–H and O–H groups in total. The molecule has 1 fully saturated rings. The van der Waals surface area contributed by atoms with Crippen LogP contribution in [0, 0.1) is 0 Å². The van der Waals surface area contributed by atoms with Gasteiger partial charge in [-0.15, -0.1) is 0 Å². The lowest BCUT2D eigenvalue weighted by Gasteiger charge is -2.21. The molecule has 5 nitrogen and oxygen atoms in total. The summed E-state index contributed by atoms with van der Waals surface area (Å²) in [4.78, 5) is 13.3. The zero-order valence-electron chi connectivity index (χ0n) is 10.8. The molecule has 1 heterocycles. The number of cyclic esters (lactones) is 1. The lowest BCUT2D eigenvalue weighted by Crippen LogP contribution is -2.38. The van der Waals surface area contributed by atoms with E-state index in [-0.39, 0.29) is 12.6 Å². The highest BCUT2D eigenvalue weighted by Gasteiger charge is 2.39. The second-order valence-electron chi connectivity index (χ2n) is 4.31. The fourth-order valence-corrected chi connectivity index (χ4v) is 2.09. The van der Waals surface area contributed by atoms with Crippen LogP contribution in [0.4, 0.5) is 4.79 Å². The van der Waals surface area contributed by atoms with Gasteiger partial charge in [0.2, 0.25) is 0 Å². The van der Waals surface area contributed by atoms with Crippen LogP contribution in [-0.4, -0.2) is 42.0 Å². The number of benzene rings is 1. The molecule has 1 aliphatic heterocycles. The Morgan fingerprint density at radius 1 is 1.47 bits per heavy atom. The zero-order chi connectivity index (χ0) is 13.8. The van der Waals surface area contributed by atoms with E-state index in [0.29, 0.717) is 6.54 Å². The average Bonchev–Trinajstić information content (AvgIpc) is 2.75. The quantitative estimate of drug-likeness (QED) is 0.819. The molecule has 0 aliphatic carbocycles. The number of nitrogens with zero attached hydrogens (tertiary/aromatic N) is 1. The van der Waals surface area contributed by atoms with Crippen molar-refractivity contribution in [3.63, 3.8) is 0 Å². The van der Waals surface area contributed by atoms with Crippen LogP contribution in [0.25, 0.3) is 0 Å². The SMILES string of the molecule is C=C[C@H]1OC(=O)N(Cc2ccc(OC)cc2)[C@H]1CO. The van der Waals surface area contributed by atoms with E-state index in [4.69, 9.17) is 9.47 Å².